The third-order valence-corrected chi connectivity index (χ3v) is 2.37. The predicted molar refractivity (Wildman–Crippen MR) is 64.1 cm³/mol. The molecule has 1 atom stereocenters. The van der Waals surface area contributed by atoms with E-state index in [0.717, 1.165) is 5.56 Å². The zero-order valence-corrected chi connectivity index (χ0v) is 9.13. The molecule has 2 rings (SSSR count). The predicted octanol–water partition coefficient (Wildman–Crippen LogP) is 2.80. The van der Waals surface area contributed by atoms with Gasteiger partial charge in [0.1, 0.15) is 6.10 Å². The number of rotatable bonds is 3. The van der Waals surface area contributed by atoms with E-state index in [1.165, 1.54) is 0 Å². The van der Waals surface area contributed by atoms with Gasteiger partial charge in [-0.05, 0) is 24.6 Å². The molecule has 0 saturated heterocycles. The molecular weight excluding hydrogens is 200 g/mol. The number of hydrogen-bond acceptors (Lipinski definition) is 3. The van der Waals surface area contributed by atoms with Crippen LogP contribution in [-0.4, -0.2) is 4.98 Å². The van der Waals surface area contributed by atoms with Gasteiger partial charge < -0.3 is 10.5 Å². The van der Waals surface area contributed by atoms with E-state index < -0.39 is 0 Å². The second kappa shape index (κ2) is 4.66. The van der Waals surface area contributed by atoms with Gasteiger partial charge in [0.15, 0.2) is 11.6 Å². The number of nitrogens with zero attached hydrogens (tertiary/aromatic N) is 1. The molecule has 0 amide bonds. The van der Waals surface area contributed by atoms with Crippen molar-refractivity contribution >= 4 is 5.82 Å². The number of nitrogen functional groups attached to an aromatic ring is 1. The number of pyridine rings is 1. The van der Waals surface area contributed by atoms with Crippen LogP contribution in [0.25, 0.3) is 0 Å². The van der Waals surface area contributed by atoms with Crippen LogP contribution in [-0.2, 0) is 0 Å². The van der Waals surface area contributed by atoms with Crippen LogP contribution in [0.3, 0.4) is 0 Å². The Labute approximate surface area is 94.9 Å². The topological polar surface area (TPSA) is 48.1 Å². The normalized spacial score (nSPS) is 12.1. The molecule has 1 aromatic heterocycles. The molecule has 16 heavy (non-hydrogen) atoms. The van der Waals surface area contributed by atoms with Crippen LogP contribution >= 0.6 is 0 Å². The molecule has 1 heterocycles. The number of hydrogen-bond donors (Lipinski definition) is 1. The molecule has 0 fully saturated rings. The summed E-state index contributed by atoms with van der Waals surface area (Å²) in [5, 5.41) is 0. The van der Waals surface area contributed by atoms with Crippen molar-refractivity contribution in [2.24, 2.45) is 0 Å². The molecule has 2 aromatic rings. The van der Waals surface area contributed by atoms with E-state index in [1.54, 1.807) is 6.20 Å². The zero-order chi connectivity index (χ0) is 11.4. The van der Waals surface area contributed by atoms with E-state index in [4.69, 9.17) is 10.5 Å². The first-order chi connectivity index (χ1) is 7.77. The van der Waals surface area contributed by atoms with Crippen LogP contribution in [0.2, 0.25) is 0 Å². The van der Waals surface area contributed by atoms with E-state index in [1.807, 2.05) is 49.4 Å². The first kappa shape index (κ1) is 10.5. The van der Waals surface area contributed by atoms with Gasteiger partial charge in [0, 0.05) is 6.20 Å². The van der Waals surface area contributed by atoms with Crippen molar-refractivity contribution in [3.05, 3.63) is 54.2 Å². The SMILES string of the molecule is C[C@@H](Oc1cccnc1N)c1ccccc1. The van der Waals surface area contributed by atoms with Gasteiger partial charge >= 0.3 is 0 Å². The maximum atomic E-state index is 5.74. The summed E-state index contributed by atoms with van der Waals surface area (Å²) in [7, 11) is 0. The van der Waals surface area contributed by atoms with Gasteiger partial charge in [-0.25, -0.2) is 4.98 Å². The van der Waals surface area contributed by atoms with E-state index in [0.29, 0.717) is 11.6 Å². The third kappa shape index (κ3) is 2.31. The number of nitrogens with two attached hydrogens (primary N) is 1. The van der Waals surface area contributed by atoms with Crippen LogP contribution in [0.4, 0.5) is 5.82 Å². The molecule has 0 radical (unpaired) electrons. The van der Waals surface area contributed by atoms with E-state index in [9.17, 15) is 0 Å². The van der Waals surface area contributed by atoms with Gasteiger partial charge in [0.05, 0.1) is 0 Å². The van der Waals surface area contributed by atoms with Crippen molar-refractivity contribution in [3.63, 3.8) is 0 Å². The summed E-state index contributed by atoms with van der Waals surface area (Å²) in [4.78, 5) is 3.98. The lowest BCUT2D eigenvalue weighted by Gasteiger charge is -2.15. The highest BCUT2D eigenvalue weighted by Gasteiger charge is 2.08. The second-order valence-electron chi connectivity index (χ2n) is 3.56. The number of anilines is 1. The lowest BCUT2D eigenvalue weighted by molar-refractivity contribution is 0.227. The van der Waals surface area contributed by atoms with Crippen LogP contribution in [0, 0.1) is 0 Å². The number of benzene rings is 1. The maximum absolute atomic E-state index is 5.74. The van der Waals surface area contributed by atoms with Gasteiger partial charge in [-0.1, -0.05) is 30.3 Å². The van der Waals surface area contributed by atoms with E-state index >= 15 is 0 Å². The van der Waals surface area contributed by atoms with Gasteiger partial charge in [0.25, 0.3) is 0 Å². The molecule has 0 saturated carbocycles. The fraction of sp³-hybridized carbons (Fsp3) is 0.154. The largest absolute Gasteiger partial charge is 0.482 e. The minimum atomic E-state index is -0.0345. The summed E-state index contributed by atoms with van der Waals surface area (Å²) in [6, 6.07) is 13.6. The second-order valence-corrected chi connectivity index (χ2v) is 3.56. The molecule has 0 bridgehead atoms. The fourth-order valence-electron chi connectivity index (χ4n) is 1.48. The summed E-state index contributed by atoms with van der Waals surface area (Å²) in [6.45, 7) is 1.99. The van der Waals surface area contributed by atoms with E-state index in [2.05, 4.69) is 4.98 Å². The first-order valence-corrected chi connectivity index (χ1v) is 5.19. The van der Waals surface area contributed by atoms with Crippen molar-refractivity contribution in [2.45, 2.75) is 13.0 Å². The minimum absolute atomic E-state index is 0.0345. The first-order valence-electron chi connectivity index (χ1n) is 5.19. The van der Waals surface area contributed by atoms with Crippen LogP contribution in [0.15, 0.2) is 48.7 Å². The number of ether oxygens (including phenoxy) is 1. The third-order valence-electron chi connectivity index (χ3n) is 2.37. The van der Waals surface area contributed by atoms with Crippen LogP contribution < -0.4 is 10.5 Å². The number of aromatic nitrogens is 1. The average molecular weight is 214 g/mol. The summed E-state index contributed by atoms with van der Waals surface area (Å²) < 4.78 is 5.74. The Balaban J connectivity index is 2.14. The fourth-order valence-corrected chi connectivity index (χ4v) is 1.48. The summed E-state index contributed by atoms with van der Waals surface area (Å²) >= 11 is 0. The highest BCUT2D eigenvalue weighted by molar-refractivity contribution is 5.45. The monoisotopic (exact) mass is 214 g/mol. The molecular formula is C13H14N2O. The van der Waals surface area contributed by atoms with Crippen molar-refractivity contribution in [1.82, 2.24) is 4.98 Å². The standard InChI is InChI=1S/C13H14N2O/c1-10(11-6-3-2-4-7-11)16-12-8-5-9-15-13(12)14/h2-10H,1H3,(H2,14,15)/t10-/m1/s1. The van der Waals surface area contributed by atoms with Crippen LogP contribution in [0.1, 0.15) is 18.6 Å². The van der Waals surface area contributed by atoms with Gasteiger partial charge in [0.2, 0.25) is 0 Å². The molecule has 0 aliphatic heterocycles. The van der Waals surface area contributed by atoms with Crippen molar-refractivity contribution in [1.29, 1.82) is 0 Å². The highest BCUT2D eigenvalue weighted by Crippen LogP contribution is 2.24. The minimum Gasteiger partial charge on any atom is -0.482 e. The lowest BCUT2D eigenvalue weighted by Crippen LogP contribution is -2.05. The highest BCUT2D eigenvalue weighted by atomic mass is 16.5. The Hall–Kier alpha value is -2.03. The van der Waals surface area contributed by atoms with Crippen molar-refractivity contribution < 1.29 is 4.74 Å². The Morgan fingerprint density at radius 1 is 1.12 bits per heavy atom. The maximum Gasteiger partial charge on any atom is 0.166 e. The Kier molecular flexibility index (Phi) is 3.05. The average Bonchev–Trinajstić information content (AvgIpc) is 2.33. The van der Waals surface area contributed by atoms with Crippen molar-refractivity contribution in [3.8, 4) is 5.75 Å². The molecule has 0 aliphatic rings. The molecule has 1 aromatic carbocycles. The van der Waals surface area contributed by atoms with Crippen LogP contribution in [0.5, 0.6) is 5.75 Å². The Morgan fingerprint density at radius 3 is 2.56 bits per heavy atom. The zero-order valence-electron chi connectivity index (χ0n) is 9.13. The molecule has 3 nitrogen and oxygen atoms in total. The molecule has 2 N–H and O–H groups in total. The van der Waals surface area contributed by atoms with Gasteiger partial charge in [-0.3, -0.25) is 0 Å². The smallest absolute Gasteiger partial charge is 0.166 e. The molecule has 3 heteroatoms. The molecule has 82 valence electrons. The lowest BCUT2D eigenvalue weighted by atomic mass is 10.1. The summed E-state index contributed by atoms with van der Waals surface area (Å²) in [5.41, 5.74) is 6.83. The summed E-state index contributed by atoms with van der Waals surface area (Å²) in [5.74, 6) is 1.05. The van der Waals surface area contributed by atoms with Crippen molar-refractivity contribution in [2.75, 3.05) is 5.73 Å². The summed E-state index contributed by atoms with van der Waals surface area (Å²) in [6.07, 6.45) is 1.61. The molecule has 0 aliphatic carbocycles. The van der Waals surface area contributed by atoms with E-state index in [-0.39, 0.29) is 6.10 Å². The Morgan fingerprint density at radius 2 is 1.88 bits per heavy atom. The molecule has 0 spiro atoms. The van der Waals surface area contributed by atoms with Gasteiger partial charge in [-0.2, -0.15) is 0 Å². The Bertz CT molecular complexity index is 456. The van der Waals surface area contributed by atoms with Gasteiger partial charge in [-0.15, -0.1) is 0 Å². The quantitative estimate of drug-likeness (QED) is 0.854. The molecule has 0 unspecified atom stereocenters.